The Morgan fingerprint density at radius 2 is 1.45 bits per heavy atom. The molecule has 0 N–H and O–H groups in total. The maximum Gasteiger partial charge on any atom is 0.180 e. The van der Waals surface area contributed by atoms with Crippen molar-refractivity contribution >= 4 is 41.6 Å². The molecule has 0 saturated carbocycles. The van der Waals surface area contributed by atoms with E-state index in [1.165, 1.54) is 32.1 Å². The molecule has 0 saturated heterocycles. The molecule has 0 heterocycles. The molecule has 0 spiro atoms. The highest BCUT2D eigenvalue weighted by Gasteiger charge is 2.22. The first-order chi connectivity index (χ1) is 5.06. The molecule has 4 heteroatoms. The summed E-state index contributed by atoms with van der Waals surface area (Å²) in [5, 5.41) is 0. The summed E-state index contributed by atoms with van der Waals surface area (Å²) in [6.07, 6.45) is 7.67. The van der Waals surface area contributed by atoms with Crippen LogP contribution in [-0.4, -0.2) is 6.16 Å². The van der Waals surface area contributed by atoms with E-state index in [-0.39, 0.29) is 0 Å². The van der Waals surface area contributed by atoms with E-state index in [2.05, 4.69) is 43.7 Å². The molecule has 0 aliphatic carbocycles. The van der Waals surface area contributed by atoms with E-state index in [4.69, 9.17) is 0 Å². The fourth-order valence-electron chi connectivity index (χ4n) is 0.927. The Morgan fingerprint density at radius 1 is 0.909 bits per heavy atom. The molecule has 11 heavy (non-hydrogen) atoms. The molecule has 0 atom stereocenters. The second kappa shape index (κ2) is 6.94. The summed E-state index contributed by atoms with van der Waals surface area (Å²) < 4.78 is 0. The van der Waals surface area contributed by atoms with Gasteiger partial charge in [-0.2, -0.15) is 0 Å². The predicted molar refractivity (Wildman–Crippen MR) is 67.5 cm³/mol. The normalized spacial score (nSPS) is 12.0. The van der Waals surface area contributed by atoms with Gasteiger partial charge in [-0.3, -0.25) is 0 Å². The Bertz CT molecular complexity index is 90.2. The van der Waals surface area contributed by atoms with Crippen molar-refractivity contribution in [1.29, 1.82) is 0 Å². The minimum Gasteiger partial charge on any atom is -0.0654 e. The van der Waals surface area contributed by atoms with Crippen molar-refractivity contribution in [2.24, 2.45) is 0 Å². The fourth-order valence-corrected chi connectivity index (χ4v) is 2.85. The summed E-state index contributed by atoms with van der Waals surface area (Å²) in [4.78, 5) is -1.38. The van der Waals surface area contributed by atoms with Gasteiger partial charge in [-0.15, -0.1) is 0 Å². The molecule has 0 aromatic heterocycles. The van der Waals surface area contributed by atoms with Crippen LogP contribution in [0.1, 0.15) is 39.0 Å². The Hall–Kier alpha value is 1.48. The standard InChI is InChI=1S/C7H18PS3/c1-2-3-4-5-6-7-8(9,10)11/h9-11H,2-7H2,1H3/q+1. The van der Waals surface area contributed by atoms with Crippen LogP contribution >= 0.6 is 41.6 Å². The van der Waals surface area contributed by atoms with Crippen molar-refractivity contribution in [3.63, 3.8) is 0 Å². The maximum atomic E-state index is 4.32. The van der Waals surface area contributed by atoms with Crippen molar-refractivity contribution in [3.8, 4) is 0 Å². The zero-order valence-electron chi connectivity index (χ0n) is 7.03. The smallest absolute Gasteiger partial charge is 0.0654 e. The van der Waals surface area contributed by atoms with E-state index < -0.39 is 4.87 Å². The number of thiol groups is 3. The van der Waals surface area contributed by atoms with E-state index in [9.17, 15) is 0 Å². The van der Waals surface area contributed by atoms with Gasteiger partial charge in [-0.05, 0) is 12.8 Å². The van der Waals surface area contributed by atoms with Gasteiger partial charge in [0.2, 0.25) is 0 Å². The lowest BCUT2D eigenvalue weighted by molar-refractivity contribution is 0.659. The third kappa shape index (κ3) is 11.5. The molecule has 0 radical (unpaired) electrons. The van der Waals surface area contributed by atoms with E-state index in [0.717, 1.165) is 6.16 Å². The predicted octanol–water partition coefficient (Wildman–Crippen LogP) is 4.51. The van der Waals surface area contributed by atoms with Gasteiger partial charge in [-0.25, -0.2) is 0 Å². The van der Waals surface area contributed by atoms with Crippen LogP contribution in [0.5, 0.6) is 0 Å². The van der Waals surface area contributed by atoms with Crippen LogP contribution in [0.25, 0.3) is 0 Å². The average Bonchev–Trinajstić information content (AvgIpc) is 1.85. The zero-order chi connectivity index (χ0) is 8.74. The summed E-state index contributed by atoms with van der Waals surface area (Å²) in [6.45, 7) is 2.23. The fraction of sp³-hybridized carbons (Fsp3) is 1.00. The highest BCUT2D eigenvalue weighted by Crippen LogP contribution is 2.72. The van der Waals surface area contributed by atoms with Crippen molar-refractivity contribution in [2.75, 3.05) is 6.16 Å². The molecule has 0 aliphatic rings. The molecule has 0 amide bonds. The monoisotopic (exact) mass is 229 g/mol. The lowest BCUT2D eigenvalue weighted by Gasteiger charge is -2.04. The van der Waals surface area contributed by atoms with Gasteiger partial charge in [0.1, 0.15) is 0 Å². The van der Waals surface area contributed by atoms with Crippen LogP contribution < -0.4 is 0 Å². The largest absolute Gasteiger partial charge is 0.180 e. The van der Waals surface area contributed by atoms with Crippen LogP contribution in [0.2, 0.25) is 0 Å². The average molecular weight is 229 g/mol. The highest BCUT2D eigenvalue weighted by atomic mass is 33.4. The third-order valence-corrected chi connectivity index (χ3v) is 4.28. The maximum absolute atomic E-state index is 4.32. The van der Waals surface area contributed by atoms with Gasteiger partial charge in [0.05, 0.1) is 6.16 Å². The van der Waals surface area contributed by atoms with Gasteiger partial charge in [0.15, 0.2) is 4.87 Å². The van der Waals surface area contributed by atoms with E-state index in [0.29, 0.717) is 0 Å². The molecule has 0 bridgehead atoms. The molecular formula is C7H18PS3+. The minimum atomic E-state index is -1.38. The lowest BCUT2D eigenvalue weighted by atomic mass is 10.2. The van der Waals surface area contributed by atoms with Crippen LogP contribution in [0, 0.1) is 0 Å². The molecule has 0 aromatic rings. The first-order valence-electron chi connectivity index (χ1n) is 4.12. The van der Waals surface area contributed by atoms with Crippen molar-refractivity contribution < 1.29 is 0 Å². The second-order valence-electron chi connectivity index (χ2n) is 2.83. The van der Waals surface area contributed by atoms with Gasteiger partial charge in [0.25, 0.3) is 0 Å². The summed E-state index contributed by atoms with van der Waals surface area (Å²) >= 11 is 13.0. The minimum absolute atomic E-state index is 1.09. The molecule has 68 valence electrons. The Labute approximate surface area is 86.7 Å². The van der Waals surface area contributed by atoms with E-state index in [1.54, 1.807) is 0 Å². The molecule has 0 aliphatic heterocycles. The molecular weight excluding hydrogens is 211 g/mol. The van der Waals surface area contributed by atoms with Gasteiger partial charge < -0.3 is 0 Å². The van der Waals surface area contributed by atoms with Crippen LogP contribution in [0.4, 0.5) is 0 Å². The first kappa shape index (κ1) is 12.5. The summed E-state index contributed by atoms with van der Waals surface area (Å²) in [5.41, 5.74) is 0. The zero-order valence-corrected chi connectivity index (χ0v) is 10.6. The SMILES string of the molecule is CCCCCCC[P+](S)(S)S. The Balaban J connectivity index is 3.02. The van der Waals surface area contributed by atoms with Crippen LogP contribution in [0.3, 0.4) is 0 Å². The van der Waals surface area contributed by atoms with E-state index in [1.807, 2.05) is 0 Å². The van der Waals surface area contributed by atoms with Crippen LogP contribution in [-0.2, 0) is 0 Å². The van der Waals surface area contributed by atoms with Crippen molar-refractivity contribution in [3.05, 3.63) is 0 Å². The summed E-state index contributed by atoms with van der Waals surface area (Å²) in [7, 11) is 0. The second-order valence-corrected chi connectivity index (χ2v) is 13.6. The van der Waals surface area contributed by atoms with Gasteiger partial charge in [0, 0.05) is 36.7 Å². The Morgan fingerprint density at radius 3 is 1.91 bits per heavy atom. The summed E-state index contributed by atoms with van der Waals surface area (Å²) in [6, 6.07) is 0. The highest BCUT2D eigenvalue weighted by molar-refractivity contribution is 9.09. The van der Waals surface area contributed by atoms with Crippen molar-refractivity contribution in [1.82, 2.24) is 0 Å². The molecule has 0 aromatic carbocycles. The number of hydrogen-bond donors (Lipinski definition) is 3. The molecule has 0 unspecified atom stereocenters. The number of hydrogen-bond acceptors (Lipinski definition) is 3. The Kier molecular flexibility index (Phi) is 7.87. The van der Waals surface area contributed by atoms with Crippen molar-refractivity contribution in [2.45, 2.75) is 39.0 Å². The number of rotatable bonds is 6. The van der Waals surface area contributed by atoms with E-state index >= 15 is 0 Å². The van der Waals surface area contributed by atoms with Gasteiger partial charge in [-0.1, -0.05) is 26.2 Å². The quantitative estimate of drug-likeness (QED) is 0.333. The molecule has 0 fully saturated rings. The third-order valence-electron chi connectivity index (χ3n) is 1.56. The van der Waals surface area contributed by atoms with Crippen LogP contribution in [0.15, 0.2) is 0 Å². The number of unbranched alkanes of at least 4 members (excludes halogenated alkanes) is 4. The molecule has 0 rings (SSSR count). The molecule has 0 nitrogen and oxygen atoms in total. The lowest BCUT2D eigenvalue weighted by Crippen LogP contribution is -1.82. The summed E-state index contributed by atoms with van der Waals surface area (Å²) in [5.74, 6) is 0. The first-order valence-corrected chi connectivity index (χ1v) is 9.56. The topological polar surface area (TPSA) is 0 Å². The van der Waals surface area contributed by atoms with Gasteiger partial charge >= 0.3 is 0 Å².